The number of anilines is 2. The molecule has 0 aliphatic carbocycles. The lowest BCUT2D eigenvalue weighted by Gasteiger charge is -2.26. The molecule has 8 nitrogen and oxygen atoms in total. The molecule has 36 heavy (non-hydrogen) atoms. The van der Waals surface area contributed by atoms with Crippen LogP contribution in [0.1, 0.15) is 31.0 Å². The Labute approximate surface area is 208 Å². The number of amides is 2. The van der Waals surface area contributed by atoms with E-state index >= 15 is 0 Å². The van der Waals surface area contributed by atoms with E-state index in [1.165, 1.54) is 11.8 Å². The van der Waals surface area contributed by atoms with Gasteiger partial charge in [0.2, 0.25) is 5.91 Å². The molecule has 0 radical (unpaired) electrons. The molecule has 0 saturated carbocycles. The Bertz CT molecular complexity index is 1330. The van der Waals surface area contributed by atoms with Gasteiger partial charge < -0.3 is 19.9 Å². The molecule has 1 aliphatic rings. The third kappa shape index (κ3) is 4.79. The van der Waals surface area contributed by atoms with Crippen LogP contribution in [0, 0.1) is 0 Å². The van der Waals surface area contributed by atoms with Crippen LogP contribution in [-0.2, 0) is 14.4 Å². The third-order valence-corrected chi connectivity index (χ3v) is 5.76. The highest BCUT2D eigenvalue weighted by Crippen LogP contribution is 2.43. The molecule has 8 heteroatoms. The molecule has 1 saturated heterocycles. The third-order valence-electron chi connectivity index (χ3n) is 5.76. The van der Waals surface area contributed by atoms with E-state index in [4.69, 9.17) is 9.47 Å². The Balaban J connectivity index is 1.86. The van der Waals surface area contributed by atoms with Crippen LogP contribution in [0.5, 0.6) is 11.5 Å². The summed E-state index contributed by atoms with van der Waals surface area (Å²) in [7, 11) is 1.54. The number of hydrogen-bond acceptors (Lipinski definition) is 6. The summed E-state index contributed by atoms with van der Waals surface area (Å²) >= 11 is 0. The first-order valence-electron chi connectivity index (χ1n) is 11.4. The Kier molecular flexibility index (Phi) is 7.05. The quantitative estimate of drug-likeness (QED) is 0.285. The molecule has 1 fully saturated rings. The van der Waals surface area contributed by atoms with Gasteiger partial charge in [0.05, 0.1) is 25.3 Å². The summed E-state index contributed by atoms with van der Waals surface area (Å²) in [5.74, 6) is -0.958. The second-order valence-electron chi connectivity index (χ2n) is 8.13. The summed E-state index contributed by atoms with van der Waals surface area (Å²) < 4.78 is 10.8. The van der Waals surface area contributed by atoms with E-state index in [0.717, 1.165) is 0 Å². The molecule has 1 heterocycles. The number of carbonyl (C=O) groups is 3. The molecule has 2 N–H and O–H groups in total. The SMILES string of the molecule is CCOc1cccc(/C(O)=C2/C(=O)C(=O)N(c3ccc(NC(C)=O)cc3)C2c2ccc(OC)cc2)c1. The van der Waals surface area contributed by atoms with Crippen molar-refractivity contribution in [3.8, 4) is 11.5 Å². The van der Waals surface area contributed by atoms with Crippen molar-refractivity contribution in [3.63, 3.8) is 0 Å². The maximum absolute atomic E-state index is 13.3. The monoisotopic (exact) mass is 486 g/mol. The number of Topliss-reactive ketones (excluding diaryl/α,β-unsaturated/α-hetero) is 1. The number of ether oxygens (including phenoxy) is 2. The van der Waals surface area contributed by atoms with Crippen molar-refractivity contribution in [1.29, 1.82) is 0 Å². The van der Waals surface area contributed by atoms with Crippen LogP contribution in [0.2, 0.25) is 0 Å². The van der Waals surface area contributed by atoms with Gasteiger partial charge >= 0.3 is 0 Å². The fourth-order valence-electron chi connectivity index (χ4n) is 4.16. The zero-order valence-corrected chi connectivity index (χ0v) is 20.1. The van der Waals surface area contributed by atoms with Gasteiger partial charge in [0.1, 0.15) is 17.3 Å². The first-order valence-corrected chi connectivity index (χ1v) is 11.4. The zero-order valence-electron chi connectivity index (χ0n) is 20.1. The molecule has 1 atom stereocenters. The maximum atomic E-state index is 13.3. The molecular weight excluding hydrogens is 460 g/mol. The van der Waals surface area contributed by atoms with Crippen LogP contribution < -0.4 is 19.7 Å². The Hall–Kier alpha value is -4.59. The minimum atomic E-state index is -0.890. The molecule has 184 valence electrons. The molecule has 1 aliphatic heterocycles. The van der Waals surface area contributed by atoms with Gasteiger partial charge in [-0.2, -0.15) is 0 Å². The number of aliphatic hydroxyl groups excluding tert-OH is 1. The van der Waals surface area contributed by atoms with E-state index in [1.54, 1.807) is 79.9 Å². The normalized spacial score (nSPS) is 16.6. The van der Waals surface area contributed by atoms with Gasteiger partial charge in [-0.15, -0.1) is 0 Å². The zero-order chi connectivity index (χ0) is 25.8. The van der Waals surface area contributed by atoms with Gasteiger partial charge in [0, 0.05) is 23.9 Å². The fraction of sp³-hybridized carbons (Fsp3) is 0.179. The number of nitrogens with zero attached hydrogens (tertiary/aromatic N) is 1. The molecule has 0 spiro atoms. The predicted molar refractivity (Wildman–Crippen MR) is 136 cm³/mol. The highest BCUT2D eigenvalue weighted by atomic mass is 16.5. The fourth-order valence-corrected chi connectivity index (χ4v) is 4.16. The summed E-state index contributed by atoms with van der Waals surface area (Å²) in [4.78, 5) is 39.3. The van der Waals surface area contributed by atoms with E-state index in [-0.39, 0.29) is 17.2 Å². The van der Waals surface area contributed by atoms with Crippen molar-refractivity contribution >= 4 is 34.7 Å². The number of ketones is 1. The van der Waals surface area contributed by atoms with Gasteiger partial charge in [0.15, 0.2) is 0 Å². The highest BCUT2D eigenvalue weighted by molar-refractivity contribution is 6.51. The average Bonchev–Trinajstić information content (AvgIpc) is 3.14. The molecule has 0 aromatic heterocycles. The summed E-state index contributed by atoms with van der Waals surface area (Å²) in [6.45, 7) is 3.69. The first kappa shape index (κ1) is 24.5. The second kappa shape index (κ2) is 10.4. The van der Waals surface area contributed by atoms with Crippen molar-refractivity contribution < 1.29 is 29.0 Å². The average molecular weight is 487 g/mol. The standard InChI is InChI=1S/C28H26N2O6/c1-4-36-23-7-5-6-19(16-23)26(32)24-25(18-8-14-22(35-3)15-9-18)30(28(34)27(24)33)21-12-10-20(11-13-21)29-17(2)31/h5-16,25,32H,4H2,1-3H3,(H,29,31)/b26-24-. The molecule has 1 unspecified atom stereocenters. The Morgan fingerprint density at radius 2 is 1.69 bits per heavy atom. The molecular formula is C28H26N2O6. The van der Waals surface area contributed by atoms with Crippen LogP contribution >= 0.6 is 0 Å². The predicted octanol–water partition coefficient (Wildman–Crippen LogP) is 4.68. The van der Waals surface area contributed by atoms with Crippen LogP contribution in [0.4, 0.5) is 11.4 Å². The number of benzene rings is 3. The summed E-state index contributed by atoms with van der Waals surface area (Å²) in [6, 6.07) is 19.4. The van der Waals surface area contributed by atoms with Crippen molar-refractivity contribution in [2.24, 2.45) is 0 Å². The first-order chi connectivity index (χ1) is 17.3. The molecule has 3 aromatic carbocycles. The van der Waals surface area contributed by atoms with E-state index < -0.39 is 17.7 Å². The maximum Gasteiger partial charge on any atom is 0.300 e. The van der Waals surface area contributed by atoms with Crippen molar-refractivity contribution in [1.82, 2.24) is 0 Å². The van der Waals surface area contributed by atoms with E-state index in [2.05, 4.69) is 5.32 Å². The summed E-state index contributed by atoms with van der Waals surface area (Å²) in [5, 5.41) is 14.0. The van der Waals surface area contributed by atoms with Crippen LogP contribution in [0.15, 0.2) is 78.4 Å². The minimum Gasteiger partial charge on any atom is -0.507 e. The number of rotatable bonds is 7. The smallest absolute Gasteiger partial charge is 0.300 e. The molecule has 3 aromatic rings. The number of hydrogen-bond donors (Lipinski definition) is 2. The summed E-state index contributed by atoms with van der Waals surface area (Å²) in [5.41, 5.74) is 1.93. The number of nitrogens with one attached hydrogen (secondary N) is 1. The lowest BCUT2D eigenvalue weighted by molar-refractivity contribution is -0.132. The van der Waals surface area contributed by atoms with Gasteiger partial charge in [0.25, 0.3) is 11.7 Å². The lowest BCUT2D eigenvalue weighted by Crippen LogP contribution is -2.29. The lowest BCUT2D eigenvalue weighted by atomic mass is 9.95. The number of aliphatic hydroxyl groups is 1. The molecule has 2 amide bonds. The summed E-state index contributed by atoms with van der Waals surface area (Å²) in [6.07, 6.45) is 0. The van der Waals surface area contributed by atoms with Crippen LogP contribution in [-0.4, -0.2) is 36.4 Å². The number of carbonyl (C=O) groups excluding carboxylic acids is 3. The number of methoxy groups -OCH3 is 1. The van der Waals surface area contributed by atoms with Gasteiger partial charge in [-0.3, -0.25) is 19.3 Å². The van der Waals surface area contributed by atoms with E-state index in [1.807, 2.05) is 6.92 Å². The largest absolute Gasteiger partial charge is 0.507 e. The van der Waals surface area contributed by atoms with Gasteiger partial charge in [-0.25, -0.2) is 0 Å². The minimum absolute atomic E-state index is 0.0373. The van der Waals surface area contributed by atoms with Crippen LogP contribution in [0.25, 0.3) is 5.76 Å². The highest BCUT2D eigenvalue weighted by Gasteiger charge is 2.47. The van der Waals surface area contributed by atoms with Gasteiger partial charge in [-0.05, 0) is 61.0 Å². The van der Waals surface area contributed by atoms with E-state index in [9.17, 15) is 19.5 Å². The molecule has 0 bridgehead atoms. The second-order valence-corrected chi connectivity index (χ2v) is 8.13. The molecule has 4 rings (SSSR count). The topological polar surface area (TPSA) is 105 Å². The van der Waals surface area contributed by atoms with Crippen molar-refractivity contribution in [3.05, 3.63) is 89.5 Å². The van der Waals surface area contributed by atoms with Crippen molar-refractivity contribution in [2.75, 3.05) is 23.9 Å². The Morgan fingerprint density at radius 1 is 1.00 bits per heavy atom. The van der Waals surface area contributed by atoms with Crippen molar-refractivity contribution in [2.45, 2.75) is 19.9 Å². The van der Waals surface area contributed by atoms with Gasteiger partial charge in [-0.1, -0.05) is 24.3 Å². The van der Waals surface area contributed by atoms with E-state index in [0.29, 0.717) is 40.6 Å². The Morgan fingerprint density at radius 3 is 2.31 bits per heavy atom. The van der Waals surface area contributed by atoms with Crippen LogP contribution in [0.3, 0.4) is 0 Å².